The molecular weight excluding hydrogens is 422 g/mol. The number of benzene rings is 2. The van der Waals surface area contributed by atoms with Crippen molar-refractivity contribution >= 4 is 22.0 Å². The minimum atomic E-state index is -3.72. The highest BCUT2D eigenvalue weighted by molar-refractivity contribution is 7.89. The monoisotopic (exact) mass is 447 g/mol. The van der Waals surface area contributed by atoms with Gasteiger partial charge >= 0.3 is 11.9 Å². The molecule has 31 heavy (non-hydrogen) atoms. The van der Waals surface area contributed by atoms with Crippen LogP contribution >= 0.6 is 0 Å². The molecule has 0 saturated carbocycles. The summed E-state index contributed by atoms with van der Waals surface area (Å²) in [6.07, 6.45) is 2.62. The third kappa shape index (κ3) is 4.88. The van der Waals surface area contributed by atoms with E-state index in [0.717, 1.165) is 19.3 Å². The van der Waals surface area contributed by atoms with Crippen LogP contribution in [0.2, 0.25) is 0 Å². The molecule has 1 aliphatic heterocycles. The van der Waals surface area contributed by atoms with Crippen LogP contribution in [0.15, 0.2) is 47.4 Å². The van der Waals surface area contributed by atoms with Gasteiger partial charge in [0.1, 0.15) is 0 Å². The van der Waals surface area contributed by atoms with E-state index in [1.807, 2.05) is 6.92 Å². The van der Waals surface area contributed by atoms with Gasteiger partial charge < -0.3 is 14.2 Å². The molecule has 0 amide bonds. The van der Waals surface area contributed by atoms with Crippen LogP contribution in [-0.4, -0.2) is 51.5 Å². The maximum Gasteiger partial charge on any atom is 0.343 e. The number of hydrogen-bond donors (Lipinski definition) is 0. The Bertz CT molecular complexity index is 1080. The molecule has 1 atom stereocenters. The van der Waals surface area contributed by atoms with E-state index in [1.54, 1.807) is 0 Å². The number of esters is 2. The van der Waals surface area contributed by atoms with Crippen LogP contribution in [0.25, 0.3) is 0 Å². The lowest BCUT2D eigenvalue weighted by Crippen LogP contribution is -2.41. The topological polar surface area (TPSA) is 99.2 Å². The minimum Gasteiger partial charge on any atom is -0.493 e. The Morgan fingerprint density at radius 3 is 2.39 bits per heavy atom. The largest absolute Gasteiger partial charge is 0.493 e. The molecule has 1 unspecified atom stereocenters. The van der Waals surface area contributed by atoms with Crippen molar-refractivity contribution in [3.63, 3.8) is 0 Å². The molecular formula is C22H25NO7S. The van der Waals surface area contributed by atoms with Gasteiger partial charge in [0.25, 0.3) is 0 Å². The van der Waals surface area contributed by atoms with Crippen LogP contribution in [0.1, 0.15) is 46.9 Å². The summed E-state index contributed by atoms with van der Waals surface area (Å²) in [6.45, 7) is 2.35. The standard InChI is InChI=1S/C22H25NO7S/c1-15-7-4-5-12-23(15)31(26,27)18-9-6-8-16(13-18)22(25)30-19-11-10-17(21(24)29-3)14-20(19)28-2/h6,8-11,13-15H,4-5,7,12H2,1-3H3. The Hall–Kier alpha value is -2.91. The highest BCUT2D eigenvalue weighted by atomic mass is 32.2. The summed E-state index contributed by atoms with van der Waals surface area (Å²) in [4.78, 5) is 24.4. The van der Waals surface area contributed by atoms with E-state index in [4.69, 9.17) is 9.47 Å². The lowest BCUT2D eigenvalue weighted by atomic mass is 10.1. The number of methoxy groups -OCH3 is 2. The van der Waals surface area contributed by atoms with E-state index in [-0.39, 0.29) is 33.6 Å². The highest BCUT2D eigenvalue weighted by Crippen LogP contribution is 2.30. The van der Waals surface area contributed by atoms with Gasteiger partial charge in [-0.05, 0) is 56.2 Å². The fraction of sp³-hybridized carbons (Fsp3) is 0.364. The van der Waals surface area contributed by atoms with Gasteiger partial charge in [0, 0.05) is 12.6 Å². The Balaban J connectivity index is 1.85. The number of sulfonamides is 1. The summed E-state index contributed by atoms with van der Waals surface area (Å²) in [5.74, 6) is -1.03. The molecule has 2 aromatic rings. The average Bonchev–Trinajstić information content (AvgIpc) is 2.79. The summed E-state index contributed by atoms with van der Waals surface area (Å²) in [5, 5.41) is 0. The van der Waals surface area contributed by atoms with Crippen LogP contribution in [0.5, 0.6) is 11.5 Å². The molecule has 1 saturated heterocycles. The maximum atomic E-state index is 13.1. The SMILES string of the molecule is COC(=O)c1ccc(OC(=O)c2cccc(S(=O)(=O)N3CCCCC3C)c2)c(OC)c1. The molecule has 8 nitrogen and oxygen atoms in total. The molecule has 166 valence electrons. The van der Waals surface area contributed by atoms with Crippen LogP contribution in [0.3, 0.4) is 0 Å². The molecule has 2 aromatic carbocycles. The predicted octanol–water partition coefficient (Wildman–Crippen LogP) is 3.26. The molecule has 9 heteroatoms. The Morgan fingerprint density at radius 2 is 1.71 bits per heavy atom. The summed E-state index contributed by atoms with van der Waals surface area (Å²) in [7, 11) is -1.09. The second kappa shape index (κ2) is 9.49. The molecule has 0 spiro atoms. The number of rotatable bonds is 6. The van der Waals surface area contributed by atoms with Crippen LogP contribution in [0, 0.1) is 0 Å². The molecule has 0 bridgehead atoms. The van der Waals surface area contributed by atoms with Crippen LogP contribution < -0.4 is 9.47 Å². The average molecular weight is 448 g/mol. The smallest absolute Gasteiger partial charge is 0.343 e. The Morgan fingerprint density at radius 1 is 0.968 bits per heavy atom. The van der Waals surface area contributed by atoms with Gasteiger partial charge in [0.05, 0.1) is 30.2 Å². The first-order chi connectivity index (χ1) is 14.8. The van der Waals surface area contributed by atoms with Crippen LogP contribution in [-0.2, 0) is 14.8 Å². The number of hydrogen-bond acceptors (Lipinski definition) is 7. The molecule has 0 radical (unpaired) electrons. The van der Waals surface area contributed by atoms with E-state index in [2.05, 4.69) is 4.74 Å². The van der Waals surface area contributed by atoms with Crippen molar-refractivity contribution in [2.24, 2.45) is 0 Å². The molecule has 3 rings (SSSR count). The number of carbonyl (C=O) groups is 2. The molecule has 0 N–H and O–H groups in total. The molecule has 1 fully saturated rings. The van der Waals surface area contributed by atoms with Gasteiger partial charge in [-0.15, -0.1) is 0 Å². The molecule has 0 aliphatic carbocycles. The van der Waals surface area contributed by atoms with Crippen molar-refractivity contribution in [2.45, 2.75) is 37.1 Å². The lowest BCUT2D eigenvalue weighted by Gasteiger charge is -2.32. The van der Waals surface area contributed by atoms with E-state index in [1.165, 1.54) is 61.0 Å². The van der Waals surface area contributed by atoms with Gasteiger partial charge in [-0.2, -0.15) is 4.31 Å². The summed E-state index contributed by atoms with van der Waals surface area (Å²) in [5.41, 5.74) is 0.327. The van der Waals surface area contributed by atoms with Gasteiger partial charge in [-0.25, -0.2) is 18.0 Å². The first-order valence-electron chi connectivity index (χ1n) is 9.88. The summed E-state index contributed by atoms with van der Waals surface area (Å²) in [6, 6.07) is 9.94. The fourth-order valence-corrected chi connectivity index (χ4v) is 5.25. The number of carbonyl (C=O) groups excluding carboxylic acids is 2. The maximum absolute atomic E-state index is 13.1. The zero-order chi connectivity index (χ0) is 22.6. The Kier molecular flexibility index (Phi) is 6.97. The fourth-order valence-electron chi connectivity index (χ4n) is 3.50. The first-order valence-corrected chi connectivity index (χ1v) is 11.3. The van der Waals surface area contributed by atoms with Crippen LogP contribution in [0.4, 0.5) is 0 Å². The van der Waals surface area contributed by atoms with Gasteiger partial charge in [-0.3, -0.25) is 0 Å². The van der Waals surface area contributed by atoms with Crippen molar-refractivity contribution < 1.29 is 32.2 Å². The second-order valence-corrected chi connectivity index (χ2v) is 9.13. The third-order valence-corrected chi connectivity index (χ3v) is 7.22. The van der Waals surface area contributed by atoms with Crippen molar-refractivity contribution in [3.8, 4) is 11.5 Å². The number of ether oxygens (including phenoxy) is 3. The second-order valence-electron chi connectivity index (χ2n) is 7.24. The summed E-state index contributed by atoms with van der Waals surface area (Å²) < 4.78 is 42.9. The van der Waals surface area contributed by atoms with E-state index in [9.17, 15) is 18.0 Å². The minimum absolute atomic E-state index is 0.0451. The van der Waals surface area contributed by atoms with Crippen molar-refractivity contribution in [1.29, 1.82) is 0 Å². The number of piperidine rings is 1. The molecule has 1 aliphatic rings. The van der Waals surface area contributed by atoms with Gasteiger partial charge in [0.15, 0.2) is 11.5 Å². The van der Waals surface area contributed by atoms with E-state index in [0.29, 0.717) is 6.54 Å². The van der Waals surface area contributed by atoms with E-state index >= 15 is 0 Å². The quantitative estimate of drug-likeness (QED) is 0.495. The third-order valence-electron chi connectivity index (χ3n) is 5.21. The molecule has 0 aromatic heterocycles. The van der Waals surface area contributed by atoms with E-state index < -0.39 is 22.0 Å². The van der Waals surface area contributed by atoms with Crippen molar-refractivity contribution in [1.82, 2.24) is 4.31 Å². The van der Waals surface area contributed by atoms with Crippen molar-refractivity contribution in [3.05, 3.63) is 53.6 Å². The highest BCUT2D eigenvalue weighted by Gasteiger charge is 2.31. The zero-order valence-electron chi connectivity index (χ0n) is 17.7. The first kappa shape index (κ1) is 22.8. The number of nitrogens with zero attached hydrogens (tertiary/aromatic N) is 1. The molecule has 1 heterocycles. The predicted molar refractivity (Wildman–Crippen MR) is 113 cm³/mol. The van der Waals surface area contributed by atoms with Gasteiger partial charge in [0.2, 0.25) is 10.0 Å². The van der Waals surface area contributed by atoms with Gasteiger partial charge in [-0.1, -0.05) is 12.5 Å². The zero-order valence-corrected chi connectivity index (χ0v) is 18.5. The lowest BCUT2D eigenvalue weighted by molar-refractivity contribution is 0.0600. The normalized spacial score (nSPS) is 17.1. The summed E-state index contributed by atoms with van der Waals surface area (Å²) >= 11 is 0. The van der Waals surface area contributed by atoms with Crippen molar-refractivity contribution in [2.75, 3.05) is 20.8 Å². The Labute approximate surface area is 181 Å².